The molecule has 1 aliphatic carbocycles. The molecule has 1 aromatic carbocycles. The molecule has 126 valence electrons. The number of nitrogens with zero attached hydrogens (tertiary/aromatic N) is 2. The fourth-order valence-electron chi connectivity index (χ4n) is 2.59. The molecule has 1 fully saturated rings. The van der Waals surface area contributed by atoms with Crippen LogP contribution in [0.25, 0.3) is 10.9 Å². The molecule has 2 aromatic rings. The Morgan fingerprint density at radius 2 is 2.00 bits per heavy atom. The number of carbonyl (C=O) groups is 1. The van der Waals surface area contributed by atoms with Crippen molar-refractivity contribution in [2.24, 2.45) is 0 Å². The molecule has 0 saturated heterocycles. The van der Waals surface area contributed by atoms with Gasteiger partial charge in [-0.1, -0.05) is 0 Å². The molecular weight excluding hydrogens is 312 g/mol. The first-order chi connectivity index (χ1) is 11.2. The van der Waals surface area contributed by atoms with Crippen LogP contribution in [0.2, 0.25) is 0 Å². The fraction of sp³-hybridized carbons (Fsp3) is 0.412. The predicted octanol–water partition coefficient (Wildman–Crippen LogP) is 3.20. The molecule has 0 amide bonds. The number of carbonyl (C=O) groups excluding carboxylic acids is 1. The number of hydrogen-bond acceptors (Lipinski definition) is 5. The van der Waals surface area contributed by atoms with Crippen molar-refractivity contribution in [2.45, 2.75) is 45.3 Å². The van der Waals surface area contributed by atoms with E-state index in [4.69, 9.17) is 4.74 Å². The molecule has 7 nitrogen and oxygen atoms in total. The van der Waals surface area contributed by atoms with Gasteiger partial charge in [0.15, 0.2) is 0 Å². The third-order valence-corrected chi connectivity index (χ3v) is 3.79. The Morgan fingerprint density at radius 1 is 1.33 bits per heavy atom. The number of rotatable bonds is 3. The third kappa shape index (κ3) is 3.02. The number of nitro groups is 1. The number of aromatic nitrogens is 1. The number of pyridine rings is 1. The van der Waals surface area contributed by atoms with Gasteiger partial charge in [-0.3, -0.25) is 14.9 Å². The summed E-state index contributed by atoms with van der Waals surface area (Å²) in [6.45, 7) is 5.16. The summed E-state index contributed by atoms with van der Waals surface area (Å²) < 4.78 is 7.15. The maximum absolute atomic E-state index is 12.7. The minimum Gasteiger partial charge on any atom is -0.456 e. The van der Waals surface area contributed by atoms with Gasteiger partial charge in [0.2, 0.25) is 5.43 Å². The van der Waals surface area contributed by atoms with E-state index in [0.29, 0.717) is 5.52 Å². The van der Waals surface area contributed by atoms with E-state index in [1.807, 2.05) is 4.57 Å². The normalized spacial score (nSPS) is 14.6. The Kier molecular flexibility index (Phi) is 3.66. The monoisotopic (exact) mass is 330 g/mol. The van der Waals surface area contributed by atoms with Gasteiger partial charge in [-0.05, 0) is 39.7 Å². The lowest BCUT2D eigenvalue weighted by atomic mass is 10.1. The Morgan fingerprint density at radius 3 is 2.54 bits per heavy atom. The van der Waals surface area contributed by atoms with Crippen LogP contribution in [0.3, 0.4) is 0 Å². The van der Waals surface area contributed by atoms with Gasteiger partial charge in [-0.25, -0.2) is 4.79 Å². The van der Waals surface area contributed by atoms with Crippen LogP contribution in [0.5, 0.6) is 0 Å². The molecule has 0 spiro atoms. The van der Waals surface area contributed by atoms with E-state index in [2.05, 4.69) is 0 Å². The highest BCUT2D eigenvalue weighted by molar-refractivity contribution is 5.94. The molecule has 1 aliphatic rings. The number of benzene rings is 1. The predicted molar refractivity (Wildman–Crippen MR) is 88.3 cm³/mol. The van der Waals surface area contributed by atoms with Gasteiger partial charge in [-0.15, -0.1) is 0 Å². The van der Waals surface area contributed by atoms with Crippen molar-refractivity contribution >= 4 is 22.6 Å². The number of esters is 1. The zero-order chi connectivity index (χ0) is 17.6. The summed E-state index contributed by atoms with van der Waals surface area (Å²) >= 11 is 0. The van der Waals surface area contributed by atoms with Crippen molar-refractivity contribution in [2.75, 3.05) is 0 Å². The zero-order valence-corrected chi connectivity index (χ0v) is 13.7. The molecule has 0 N–H and O–H groups in total. The molecule has 0 unspecified atom stereocenters. The van der Waals surface area contributed by atoms with E-state index < -0.39 is 21.9 Å². The smallest absolute Gasteiger partial charge is 0.344 e. The quantitative estimate of drug-likeness (QED) is 0.489. The van der Waals surface area contributed by atoms with Gasteiger partial charge in [-0.2, -0.15) is 0 Å². The van der Waals surface area contributed by atoms with Gasteiger partial charge < -0.3 is 9.30 Å². The molecule has 1 heterocycles. The first kappa shape index (κ1) is 16.2. The summed E-state index contributed by atoms with van der Waals surface area (Å²) in [5.41, 5.74) is -0.945. The number of nitro benzene ring substituents is 1. The van der Waals surface area contributed by atoms with E-state index >= 15 is 0 Å². The number of ether oxygens (including phenoxy) is 1. The summed E-state index contributed by atoms with van der Waals surface area (Å²) in [6.07, 6.45) is 3.41. The second-order valence-corrected chi connectivity index (χ2v) is 6.97. The van der Waals surface area contributed by atoms with E-state index in [1.54, 1.807) is 26.8 Å². The average molecular weight is 330 g/mol. The Balaban J connectivity index is 2.23. The van der Waals surface area contributed by atoms with Gasteiger partial charge in [0.05, 0.1) is 15.8 Å². The maximum atomic E-state index is 12.7. The second kappa shape index (κ2) is 5.43. The summed E-state index contributed by atoms with van der Waals surface area (Å²) in [7, 11) is 0. The van der Waals surface area contributed by atoms with E-state index in [1.165, 1.54) is 18.3 Å². The number of fused-ring (bicyclic) bond motifs is 1. The molecule has 0 aliphatic heterocycles. The largest absolute Gasteiger partial charge is 0.456 e. The lowest BCUT2D eigenvalue weighted by Crippen LogP contribution is -2.28. The summed E-state index contributed by atoms with van der Waals surface area (Å²) in [5.74, 6) is -0.713. The standard InChI is InChI=1S/C17H18N2O5/c1-17(2,3)24-16(21)13-9-18(10-4-5-10)14-7-6-11(19(22)23)8-12(14)15(13)20/h6-10H,4-5H2,1-3H3. The molecule has 1 aromatic heterocycles. The van der Waals surface area contributed by atoms with E-state index in [9.17, 15) is 19.7 Å². The molecule has 24 heavy (non-hydrogen) atoms. The minimum absolute atomic E-state index is 0.0928. The van der Waals surface area contributed by atoms with Crippen LogP contribution in [0.1, 0.15) is 50.0 Å². The Bertz CT molecular complexity index is 904. The van der Waals surface area contributed by atoms with E-state index in [0.717, 1.165) is 12.8 Å². The minimum atomic E-state index is -0.731. The van der Waals surface area contributed by atoms with Crippen molar-refractivity contribution < 1.29 is 14.5 Å². The number of hydrogen-bond donors (Lipinski definition) is 0. The van der Waals surface area contributed by atoms with Crippen molar-refractivity contribution in [3.63, 3.8) is 0 Å². The van der Waals surface area contributed by atoms with Gasteiger partial charge in [0.25, 0.3) is 5.69 Å². The number of non-ortho nitro benzene ring substituents is 1. The maximum Gasteiger partial charge on any atom is 0.344 e. The second-order valence-electron chi connectivity index (χ2n) is 6.97. The molecule has 3 rings (SSSR count). The topological polar surface area (TPSA) is 91.4 Å². The van der Waals surface area contributed by atoms with Crippen LogP contribution >= 0.6 is 0 Å². The molecule has 0 atom stereocenters. The SMILES string of the molecule is CC(C)(C)OC(=O)c1cn(C2CC2)c2ccc([N+](=O)[O-])cc2c1=O. The molecule has 7 heteroatoms. The lowest BCUT2D eigenvalue weighted by Gasteiger charge is -2.20. The van der Waals surface area contributed by atoms with Crippen LogP contribution in [-0.4, -0.2) is 21.1 Å². The van der Waals surface area contributed by atoms with Crippen molar-refractivity contribution in [3.8, 4) is 0 Å². The fourth-order valence-corrected chi connectivity index (χ4v) is 2.59. The van der Waals surface area contributed by atoms with Crippen LogP contribution in [0.15, 0.2) is 29.2 Å². The highest BCUT2D eigenvalue weighted by Gasteiger charge is 2.29. The highest BCUT2D eigenvalue weighted by Crippen LogP contribution is 2.37. The summed E-state index contributed by atoms with van der Waals surface area (Å²) in [5, 5.41) is 11.2. The average Bonchev–Trinajstić information content (AvgIpc) is 3.30. The van der Waals surface area contributed by atoms with Crippen LogP contribution in [0.4, 0.5) is 5.69 Å². The highest BCUT2D eigenvalue weighted by atomic mass is 16.6. The van der Waals surface area contributed by atoms with Gasteiger partial charge in [0, 0.05) is 24.4 Å². The zero-order valence-electron chi connectivity index (χ0n) is 13.7. The van der Waals surface area contributed by atoms with Gasteiger partial charge in [0.1, 0.15) is 11.2 Å². The first-order valence-corrected chi connectivity index (χ1v) is 7.74. The lowest BCUT2D eigenvalue weighted by molar-refractivity contribution is -0.384. The third-order valence-electron chi connectivity index (χ3n) is 3.79. The molecule has 1 saturated carbocycles. The van der Waals surface area contributed by atoms with Crippen LogP contribution in [-0.2, 0) is 4.74 Å². The van der Waals surface area contributed by atoms with Crippen LogP contribution < -0.4 is 5.43 Å². The van der Waals surface area contributed by atoms with Gasteiger partial charge >= 0.3 is 5.97 Å². The first-order valence-electron chi connectivity index (χ1n) is 7.74. The molecule has 0 radical (unpaired) electrons. The van der Waals surface area contributed by atoms with Crippen molar-refractivity contribution in [1.29, 1.82) is 0 Å². The van der Waals surface area contributed by atoms with Crippen molar-refractivity contribution in [3.05, 3.63) is 50.3 Å². The van der Waals surface area contributed by atoms with Crippen molar-refractivity contribution in [1.82, 2.24) is 4.57 Å². The molecular formula is C17H18N2O5. The summed E-state index contributed by atoms with van der Waals surface area (Å²) in [6, 6.07) is 4.36. The Hall–Kier alpha value is -2.70. The molecule has 0 bridgehead atoms. The Labute approximate surface area is 138 Å². The van der Waals surface area contributed by atoms with E-state index in [-0.39, 0.29) is 22.7 Å². The summed E-state index contributed by atoms with van der Waals surface area (Å²) in [4.78, 5) is 35.5. The van der Waals surface area contributed by atoms with Crippen LogP contribution in [0, 0.1) is 10.1 Å².